The minimum atomic E-state index is -0.208. The first-order valence-corrected chi connectivity index (χ1v) is 8.37. The Hall–Kier alpha value is -2.52. The molecule has 0 bridgehead atoms. The van der Waals surface area contributed by atoms with Crippen LogP contribution < -0.4 is 21.6 Å². The van der Waals surface area contributed by atoms with Crippen molar-refractivity contribution in [1.82, 2.24) is 14.8 Å². The summed E-state index contributed by atoms with van der Waals surface area (Å²) in [6, 6.07) is 5.42. The molecule has 1 fully saturated rings. The molecule has 3 rings (SSSR count). The van der Waals surface area contributed by atoms with Crippen LogP contribution in [0.15, 0.2) is 34.3 Å². The molecular weight excluding hydrogens is 340 g/mol. The highest BCUT2D eigenvalue weighted by molar-refractivity contribution is 7.80. The number of ether oxygens (including phenoxy) is 1. The maximum atomic E-state index is 12.9. The van der Waals surface area contributed by atoms with Gasteiger partial charge in [0.2, 0.25) is 0 Å². The van der Waals surface area contributed by atoms with E-state index in [1.165, 1.54) is 10.6 Å². The van der Waals surface area contributed by atoms with Gasteiger partial charge >= 0.3 is 0 Å². The van der Waals surface area contributed by atoms with Gasteiger partial charge in [-0.3, -0.25) is 14.6 Å². The Morgan fingerprint density at radius 1 is 1.44 bits per heavy atom. The van der Waals surface area contributed by atoms with Gasteiger partial charge in [-0.1, -0.05) is 6.07 Å². The summed E-state index contributed by atoms with van der Waals surface area (Å²) in [6.07, 6.45) is 3.17. The molecule has 0 radical (unpaired) electrons. The number of anilines is 1. The molecule has 3 N–H and O–H groups in total. The number of hydrazone groups is 1. The highest BCUT2D eigenvalue weighted by Gasteiger charge is 2.26. The molecule has 132 valence electrons. The largest absolute Gasteiger partial charge is 0.375 e. The molecule has 2 atom stereocenters. The molecule has 0 spiro atoms. The van der Waals surface area contributed by atoms with Gasteiger partial charge in [0.05, 0.1) is 18.4 Å². The average molecular weight is 360 g/mol. The molecule has 0 aromatic carbocycles. The molecule has 0 saturated carbocycles. The molecule has 9 heteroatoms. The predicted molar refractivity (Wildman–Crippen MR) is 101 cm³/mol. The summed E-state index contributed by atoms with van der Waals surface area (Å²) in [5.74, 6) is 0.576. The molecule has 0 amide bonds. The van der Waals surface area contributed by atoms with Gasteiger partial charge in [0.1, 0.15) is 17.0 Å². The number of nitrogens with one attached hydrogen (secondary N) is 1. The molecule has 1 aliphatic rings. The fraction of sp³-hybridized carbons (Fsp3) is 0.375. The summed E-state index contributed by atoms with van der Waals surface area (Å²) in [5.41, 5.74) is 8.60. The molecular formula is C16H20N6O2S. The van der Waals surface area contributed by atoms with Gasteiger partial charge in [0, 0.05) is 19.3 Å². The van der Waals surface area contributed by atoms with Crippen LogP contribution in [-0.2, 0) is 4.74 Å². The molecule has 25 heavy (non-hydrogen) atoms. The molecule has 8 nitrogen and oxygen atoms in total. The van der Waals surface area contributed by atoms with E-state index in [-0.39, 0.29) is 22.9 Å². The second-order valence-corrected chi connectivity index (χ2v) is 6.42. The van der Waals surface area contributed by atoms with Crippen molar-refractivity contribution in [3.63, 3.8) is 0 Å². The van der Waals surface area contributed by atoms with Gasteiger partial charge in [0.25, 0.3) is 5.56 Å². The average Bonchev–Trinajstić information content (AvgIpc) is 2.55. The Morgan fingerprint density at radius 2 is 2.16 bits per heavy atom. The van der Waals surface area contributed by atoms with Crippen molar-refractivity contribution in [3.8, 4) is 0 Å². The molecule has 3 heterocycles. The normalized spacial score (nSPS) is 21.0. The Kier molecular flexibility index (Phi) is 4.95. The van der Waals surface area contributed by atoms with Gasteiger partial charge in [-0.05, 0) is 38.2 Å². The number of pyridine rings is 1. The molecule has 2 aromatic rings. The molecule has 2 aromatic heterocycles. The van der Waals surface area contributed by atoms with E-state index in [1.54, 1.807) is 18.3 Å². The van der Waals surface area contributed by atoms with Crippen LogP contribution in [0.2, 0.25) is 0 Å². The molecule has 0 unspecified atom stereocenters. The highest BCUT2D eigenvalue weighted by Crippen LogP contribution is 2.20. The first-order chi connectivity index (χ1) is 12.0. The zero-order valence-corrected chi connectivity index (χ0v) is 14.9. The molecule has 1 saturated heterocycles. The maximum absolute atomic E-state index is 12.9. The molecule has 0 aliphatic carbocycles. The molecule has 1 aliphatic heterocycles. The fourth-order valence-electron chi connectivity index (χ4n) is 2.96. The lowest BCUT2D eigenvalue weighted by molar-refractivity contribution is -0.00546. The monoisotopic (exact) mass is 360 g/mol. The smallest absolute Gasteiger partial charge is 0.268 e. The quantitative estimate of drug-likeness (QED) is 0.467. The number of morpholine rings is 1. The van der Waals surface area contributed by atoms with Gasteiger partial charge < -0.3 is 15.4 Å². The van der Waals surface area contributed by atoms with E-state index in [2.05, 4.69) is 20.4 Å². The third kappa shape index (κ3) is 3.77. The van der Waals surface area contributed by atoms with E-state index in [0.717, 1.165) is 0 Å². The van der Waals surface area contributed by atoms with E-state index in [1.807, 2.05) is 19.9 Å². The first kappa shape index (κ1) is 17.3. The van der Waals surface area contributed by atoms with Crippen LogP contribution in [0.1, 0.15) is 19.4 Å². The number of hydrogen-bond acceptors (Lipinski definition) is 6. The van der Waals surface area contributed by atoms with Crippen molar-refractivity contribution in [2.75, 3.05) is 18.0 Å². The van der Waals surface area contributed by atoms with Crippen LogP contribution in [0.3, 0.4) is 0 Å². The summed E-state index contributed by atoms with van der Waals surface area (Å²) in [4.78, 5) is 19.6. The van der Waals surface area contributed by atoms with E-state index in [9.17, 15) is 4.79 Å². The van der Waals surface area contributed by atoms with Gasteiger partial charge in [-0.15, -0.1) is 0 Å². The summed E-state index contributed by atoms with van der Waals surface area (Å²) < 4.78 is 7.26. The van der Waals surface area contributed by atoms with Crippen molar-refractivity contribution >= 4 is 35.0 Å². The lowest BCUT2D eigenvalue weighted by Gasteiger charge is -2.36. The topological polar surface area (TPSA) is 97.2 Å². The van der Waals surface area contributed by atoms with E-state index < -0.39 is 0 Å². The van der Waals surface area contributed by atoms with Crippen LogP contribution in [-0.4, -0.2) is 46.0 Å². The zero-order chi connectivity index (χ0) is 18.0. The van der Waals surface area contributed by atoms with Gasteiger partial charge in [0.15, 0.2) is 5.11 Å². The summed E-state index contributed by atoms with van der Waals surface area (Å²) in [5, 5.41) is 3.98. The standard InChI is InChI=1S/C16H20N6O2S/c1-10-8-21(9-11(2)24-10)14-12(7-18-20-16(17)25)15(23)22-6-4-3-5-13(22)19-14/h3-7,10-11H,8-9H2,1-2H3,(H3,17,20,25)/b18-7-/t10-,11+. The van der Waals surface area contributed by atoms with Crippen LogP contribution in [0.4, 0.5) is 5.82 Å². The third-order valence-corrected chi connectivity index (χ3v) is 3.93. The maximum Gasteiger partial charge on any atom is 0.268 e. The van der Waals surface area contributed by atoms with Crippen LogP contribution in [0.25, 0.3) is 5.65 Å². The summed E-state index contributed by atoms with van der Waals surface area (Å²) in [7, 11) is 0. The number of hydrogen-bond donors (Lipinski definition) is 2. The van der Waals surface area contributed by atoms with Crippen LogP contribution in [0.5, 0.6) is 0 Å². The van der Waals surface area contributed by atoms with Crippen molar-refractivity contribution in [3.05, 3.63) is 40.3 Å². The number of aromatic nitrogens is 2. The predicted octanol–water partition coefficient (Wildman–Crippen LogP) is 0.475. The Morgan fingerprint density at radius 3 is 2.84 bits per heavy atom. The number of nitrogens with zero attached hydrogens (tertiary/aromatic N) is 4. The van der Waals surface area contributed by atoms with Crippen molar-refractivity contribution in [1.29, 1.82) is 0 Å². The first-order valence-electron chi connectivity index (χ1n) is 7.96. The lowest BCUT2D eigenvalue weighted by atomic mass is 10.2. The minimum Gasteiger partial charge on any atom is -0.375 e. The third-order valence-electron chi connectivity index (χ3n) is 3.84. The number of fused-ring (bicyclic) bond motifs is 1. The van der Waals surface area contributed by atoms with Crippen molar-refractivity contribution < 1.29 is 4.74 Å². The van der Waals surface area contributed by atoms with E-state index in [4.69, 9.17) is 22.7 Å². The SMILES string of the molecule is C[C@@H]1CN(c2nc3ccccn3c(=O)c2/C=N\NC(N)=S)C[C@H](C)O1. The Bertz CT molecular complexity index is 871. The number of nitrogens with two attached hydrogens (primary N) is 1. The summed E-state index contributed by atoms with van der Waals surface area (Å²) >= 11 is 4.74. The number of thiocarbonyl (C=S) groups is 1. The second-order valence-electron chi connectivity index (χ2n) is 5.98. The zero-order valence-electron chi connectivity index (χ0n) is 14.0. The second kappa shape index (κ2) is 7.16. The van der Waals surface area contributed by atoms with E-state index in [0.29, 0.717) is 30.1 Å². The van der Waals surface area contributed by atoms with Crippen molar-refractivity contribution in [2.24, 2.45) is 10.8 Å². The van der Waals surface area contributed by atoms with E-state index >= 15 is 0 Å². The van der Waals surface area contributed by atoms with Crippen LogP contribution in [0, 0.1) is 0 Å². The highest BCUT2D eigenvalue weighted by atomic mass is 32.1. The lowest BCUT2D eigenvalue weighted by Crippen LogP contribution is -2.47. The Balaban J connectivity index is 2.12. The van der Waals surface area contributed by atoms with Crippen molar-refractivity contribution in [2.45, 2.75) is 26.1 Å². The fourth-order valence-corrected chi connectivity index (χ4v) is 3.01. The van der Waals surface area contributed by atoms with Crippen LogP contribution >= 0.6 is 12.2 Å². The van der Waals surface area contributed by atoms with Gasteiger partial charge in [-0.25, -0.2) is 4.98 Å². The van der Waals surface area contributed by atoms with Gasteiger partial charge in [-0.2, -0.15) is 5.10 Å². The number of rotatable bonds is 3. The minimum absolute atomic E-state index is 0.0280. The summed E-state index contributed by atoms with van der Waals surface area (Å²) in [6.45, 7) is 5.28. The Labute approximate surface area is 150 Å².